The van der Waals surface area contributed by atoms with Crippen molar-refractivity contribution in [2.45, 2.75) is 12.5 Å². The second kappa shape index (κ2) is 5.76. The number of nitrogens with two attached hydrogens (primary N) is 1. The Kier molecular flexibility index (Phi) is 3.66. The number of amides is 1. The minimum absolute atomic E-state index is 0.209. The molecular weight excluding hydrogens is 264 g/mol. The molecule has 21 heavy (non-hydrogen) atoms. The Morgan fingerprint density at radius 3 is 2.62 bits per heavy atom. The number of hydrogen-bond acceptors (Lipinski definition) is 3. The fourth-order valence-electron chi connectivity index (χ4n) is 2.48. The lowest BCUT2D eigenvalue weighted by molar-refractivity contribution is -0.122. The van der Waals surface area contributed by atoms with Gasteiger partial charge in [0.25, 0.3) is 0 Å². The fraction of sp³-hybridized carbons (Fsp3) is 0.125. The molecule has 3 rings (SSSR count). The molecule has 0 spiro atoms. The van der Waals surface area contributed by atoms with E-state index in [-0.39, 0.29) is 11.8 Å². The number of para-hydroxylation sites is 2. The molecule has 0 aliphatic rings. The van der Waals surface area contributed by atoms with E-state index < -0.39 is 0 Å². The van der Waals surface area contributed by atoms with Crippen LogP contribution >= 0.6 is 0 Å². The standard InChI is InChI=1S/C16H16N4O/c17-19-16(21)13(12-6-2-1-3-7-12)10-20-11-18-14-8-4-5-9-15(14)20/h1-9,11,13H,10,17H2,(H,19,21). The Hall–Kier alpha value is -2.66. The predicted molar refractivity (Wildman–Crippen MR) is 81.2 cm³/mol. The highest BCUT2D eigenvalue weighted by Gasteiger charge is 2.21. The second-order valence-corrected chi connectivity index (χ2v) is 4.86. The number of carbonyl (C=O) groups excluding carboxylic acids is 1. The summed E-state index contributed by atoms with van der Waals surface area (Å²) < 4.78 is 1.97. The van der Waals surface area contributed by atoms with Crippen molar-refractivity contribution >= 4 is 16.9 Å². The summed E-state index contributed by atoms with van der Waals surface area (Å²) in [7, 11) is 0. The molecule has 5 heteroatoms. The average Bonchev–Trinajstić information content (AvgIpc) is 2.96. The highest BCUT2D eigenvalue weighted by atomic mass is 16.2. The van der Waals surface area contributed by atoms with Gasteiger partial charge in [-0.2, -0.15) is 0 Å². The number of hydrogen-bond donors (Lipinski definition) is 2. The largest absolute Gasteiger partial charge is 0.329 e. The van der Waals surface area contributed by atoms with Gasteiger partial charge in [0, 0.05) is 6.54 Å². The van der Waals surface area contributed by atoms with Crippen molar-refractivity contribution in [1.29, 1.82) is 0 Å². The summed E-state index contributed by atoms with van der Waals surface area (Å²) in [5, 5.41) is 0. The highest BCUT2D eigenvalue weighted by molar-refractivity contribution is 5.83. The first kappa shape index (κ1) is 13.3. The molecule has 5 nitrogen and oxygen atoms in total. The van der Waals surface area contributed by atoms with Crippen LogP contribution in [0.4, 0.5) is 0 Å². The number of imidazole rings is 1. The van der Waals surface area contributed by atoms with Gasteiger partial charge in [-0.1, -0.05) is 42.5 Å². The van der Waals surface area contributed by atoms with Crippen LogP contribution in [0.5, 0.6) is 0 Å². The number of carbonyl (C=O) groups is 1. The molecule has 1 heterocycles. The lowest BCUT2D eigenvalue weighted by atomic mass is 9.98. The molecule has 0 radical (unpaired) electrons. The van der Waals surface area contributed by atoms with Crippen molar-refractivity contribution in [3.8, 4) is 0 Å². The van der Waals surface area contributed by atoms with E-state index in [0.717, 1.165) is 16.6 Å². The van der Waals surface area contributed by atoms with E-state index in [4.69, 9.17) is 5.84 Å². The van der Waals surface area contributed by atoms with Crippen molar-refractivity contribution < 1.29 is 4.79 Å². The van der Waals surface area contributed by atoms with Crippen LogP contribution in [0, 0.1) is 0 Å². The van der Waals surface area contributed by atoms with Gasteiger partial charge in [-0.3, -0.25) is 10.2 Å². The molecular formula is C16H16N4O. The van der Waals surface area contributed by atoms with E-state index in [2.05, 4.69) is 10.4 Å². The average molecular weight is 280 g/mol. The van der Waals surface area contributed by atoms with Crippen LogP contribution in [0.2, 0.25) is 0 Å². The van der Waals surface area contributed by atoms with Crippen molar-refractivity contribution in [1.82, 2.24) is 15.0 Å². The minimum Gasteiger partial charge on any atom is -0.329 e. The molecule has 0 saturated heterocycles. The molecule has 1 aromatic heterocycles. The summed E-state index contributed by atoms with van der Waals surface area (Å²) in [4.78, 5) is 16.5. The van der Waals surface area contributed by atoms with E-state index >= 15 is 0 Å². The number of fused-ring (bicyclic) bond motifs is 1. The minimum atomic E-state index is -0.353. The van der Waals surface area contributed by atoms with E-state index in [1.54, 1.807) is 6.33 Å². The van der Waals surface area contributed by atoms with Crippen molar-refractivity contribution in [2.24, 2.45) is 5.84 Å². The number of aromatic nitrogens is 2. The van der Waals surface area contributed by atoms with Crippen LogP contribution < -0.4 is 11.3 Å². The SMILES string of the molecule is NNC(=O)C(Cn1cnc2ccccc21)c1ccccc1. The zero-order valence-corrected chi connectivity index (χ0v) is 11.4. The normalized spacial score (nSPS) is 12.2. The van der Waals surface area contributed by atoms with Crippen molar-refractivity contribution in [3.63, 3.8) is 0 Å². The van der Waals surface area contributed by atoms with Crippen LogP contribution in [0.3, 0.4) is 0 Å². The molecule has 1 unspecified atom stereocenters. The summed E-state index contributed by atoms with van der Waals surface area (Å²) in [5.41, 5.74) is 5.10. The molecule has 2 aromatic carbocycles. The van der Waals surface area contributed by atoms with Gasteiger partial charge in [0.05, 0.1) is 23.3 Å². The first-order valence-corrected chi connectivity index (χ1v) is 6.75. The lowest BCUT2D eigenvalue weighted by Crippen LogP contribution is -2.36. The summed E-state index contributed by atoms with van der Waals surface area (Å²) in [6.07, 6.45) is 1.75. The summed E-state index contributed by atoms with van der Waals surface area (Å²) in [6.45, 7) is 0.494. The van der Waals surface area contributed by atoms with Crippen LogP contribution in [-0.2, 0) is 11.3 Å². The quantitative estimate of drug-likeness (QED) is 0.435. The van der Waals surface area contributed by atoms with E-state index in [1.165, 1.54) is 0 Å². The van der Waals surface area contributed by atoms with Gasteiger partial charge in [0.15, 0.2) is 0 Å². The molecule has 1 atom stereocenters. The third-order valence-electron chi connectivity index (χ3n) is 3.57. The summed E-state index contributed by atoms with van der Waals surface area (Å²) >= 11 is 0. The lowest BCUT2D eigenvalue weighted by Gasteiger charge is -2.16. The summed E-state index contributed by atoms with van der Waals surface area (Å²) in [6, 6.07) is 17.5. The van der Waals surface area contributed by atoms with Crippen molar-refractivity contribution in [2.75, 3.05) is 0 Å². The first-order valence-electron chi connectivity index (χ1n) is 6.75. The summed E-state index contributed by atoms with van der Waals surface area (Å²) in [5.74, 6) is 4.77. The van der Waals surface area contributed by atoms with Gasteiger partial charge in [0.1, 0.15) is 0 Å². The molecule has 0 fully saturated rings. The van der Waals surface area contributed by atoms with Crippen LogP contribution in [0.15, 0.2) is 60.9 Å². The topological polar surface area (TPSA) is 72.9 Å². The monoisotopic (exact) mass is 280 g/mol. The highest BCUT2D eigenvalue weighted by Crippen LogP contribution is 2.21. The van der Waals surface area contributed by atoms with Crippen LogP contribution in [0.1, 0.15) is 11.5 Å². The number of rotatable bonds is 4. The molecule has 106 valence electrons. The molecule has 0 aliphatic carbocycles. The molecule has 1 amide bonds. The predicted octanol–water partition coefficient (Wildman–Crippen LogP) is 1.81. The Bertz CT molecular complexity index is 751. The molecule has 0 saturated carbocycles. The Balaban J connectivity index is 1.97. The Morgan fingerprint density at radius 1 is 1.14 bits per heavy atom. The Labute approximate surface area is 122 Å². The fourth-order valence-corrected chi connectivity index (χ4v) is 2.48. The van der Waals surface area contributed by atoms with Gasteiger partial charge >= 0.3 is 0 Å². The maximum Gasteiger partial charge on any atom is 0.243 e. The number of benzene rings is 2. The third-order valence-corrected chi connectivity index (χ3v) is 3.57. The molecule has 0 aliphatic heterocycles. The number of nitrogens with zero attached hydrogens (tertiary/aromatic N) is 2. The molecule has 3 N–H and O–H groups in total. The van der Waals surface area contributed by atoms with E-state index in [1.807, 2.05) is 59.2 Å². The number of hydrazine groups is 1. The van der Waals surface area contributed by atoms with Crippen LogP contribution in [0.25, 0.3) is 11.0 Å². The van der Waals surface area contributed by atoms with Gasteiger partial charge in [0.2, 0.25) is 5.91 Å². The molecule has 3 aromatic rings. The maximum atomic E-state index is 12.1. The van der Waals surface area contributed by atoms with E-state index in [0.29, 0.717) is 6.54 Å². The zero-order valence-electron chi connectivity index (χ0n) is 11.4. The first-order chi connectivity index (χ1) is 10.3. The maximum absolute atomic E-state index is 12.1. The van der Waals surface area contributed by atoms with Gasteiger partial charge in [-0.25, -0.2) is 10.8 Å². The Morgan fingerprint density at radius 2 is 1.86 bits per heavy atom. The second-order valence-electron chi connectivity index (χ2n) is 4.86. The third kappa shape index (κ3) is 2.64. The van der Waals surface area contributed by atoms with E-state index in [9.17, 15) is 4.79 Å². The molecule has 0 bridgehead atoms. The zero-order chi connectivity index (χ0) is 14.7. The van der Waals surface area contributed by atoms with Gasteiger partial charge in [-0.05, 0) is 17.7 Å². The van der Waals surface area contributed by atoms with Crippen LogP contribution in [-0.4, -0.2) is 15.5 Å². The van der Waals surface area contributed by atoms with Crippen molar-refractivity contribution in [3.05, 3.63) is 66.5 Å². The van der Waals surface area contributed by atoms with Gasteiger partial charge in [-0.15, -0.1) is 0 Å². The number of nitrogens with one attached hydrogen (secondary N) is 1. The smallest absolute Gasteiger partial charge is 0.243 e. The van der Waals surface area contributed by atoms with Gasteiger partial charge < -0.3 is 4.57 Å².